The SMILES string of the molecule is Cc1c[c]cc(C=O)c1. The van der Waals surface area contributed by atoms with Gasteiger partial charge in [-0.3, -0.25) is 4.79 Å². The number of benzene rings is 1. The summed E-state index contributed by atoms with van der Waals surface area (Å²) in [5.41, 5.74) is 1.76. The van der Waals surface area contributed by atoms with E-state index in [-0.39, 0.29) is 0 Å². The van der Waals surface area contributed by atoms with E-state index in [1.165, 1.54) is 0 Å². The van der Waals surface area contributed by atoms with Gasteiger partial charge in [-0.25, -0.2) is 0 Å². The summed E-state index contributed by atoms with van der Waals surface area (Å²) < 4.78 is 0. The molecule has 1 aromatic carbocycles. The van der Waals surface area contributed by atoms with Crippen molar-refractivity contribution in [2.75, 3.05) is 0 Å². The maximum atomic E-state index is 10.1. The lowest BCUT2D eigenvalue weighted by molar-refractivity contribution is 0.112. The van der Waals surface area contributed by atoms with Gasteiger partial charge < -0.3 is 0 Å². The normalized spacial score (nSPS) is 9.00. The molecule has 0 atom stereocenters. The van der Waals surface area contributed by atoms with Crippen LogP contribution in [0.5, 0.6) is 0 Å². The smallest absolute Gasteiger partial charge is 0.150 e. The van der Waals surface area contributed by atoms with Crippen molar-refractivity contribution in [1.82, 2.24) is 0 Å². The minimum absolute atomic E-state index is 0.690. The number of rotatable bonds is 1. The van der Waals surface area contributed by atoms with E-state index < -0.39 is 0 Å². The number of aldehydes is 1. The van der Waals surface area contributed by atoms with Gasteiger partial charge in [0.1, 0.15) is 6.29 Å². The molecule has 0 amide bonds. The molecule has 0 heterocycles. The van der Waals surface area contributed by atoms with Crippen LogP contribution in [-0.2, 0) is 0 Å². The van der Waals surface area contributed by atoms with Gasteiger partial charge in [-0.15, -0.1) is 0 Å². The Kier molecular flexibility index (Phi) is 1.63. The average molecular weight is 119 g/mol. The van der Waals surface area contributed by atoms with Crippen LogP contribution in [0.15, 0.2) is 18.2 Å². The molecule has 1 radical (unpaired) electrons. The van der Waals surface area contributed by atoms with Crippen molar-refractivity contribution in [3.8, 4) is 0 Å². The highest BCUT2D eigenvalue weighted by atomic mass is 16.1. The molecule has 0 N–H and O–H groups in total. The lowest BCUT2D eigenvalue weighted by atomic mass is 10.2. The molecule has 0 aliphatic rings. The summed E-state index contributed by atoms with van der Waals surface area (Å²) in [5, 5.41) is 0. The Bertz CT molecular complexity index is 216. The van der Waals surface area contributed by atoms with Gasteiger partial charge in [-0.05, 0) is 30.7 Å². The molecule has 0 spiro atoms. The van der Waals surface area contributed by atoms with Gasteiger partial charge in [0.05, 0.1) is 0 Å². The Labute approximate surface area is 54.3 Å². The van der Waals surface area contributed by atoms with Crippen molar-refractivity contribution in [1.29, 1.82) is 0 Å². The van der Waals surface area contributed by atoms with E-state index in [1.807, 2.05) is 19.1 Å². The highest BCUT2D eigenvalue weighted by molar-refractivity contribution is 5.74. The number of hydrogen-bond donors (Lipinski definition) is 0. The maximum absolute atomic E-state index is 10.1. The van der Waals surface area contributed by atoms with Crippen LogP contribution in [-0.4, -0.2) is 6.29 Å². The molecule has 0 saturated heterocycles. The first-order valence-corrected chi connectivity index (χ1v) is 2.76. The van der Waals surface area contributed by atoms with E-state index in [0.717, 1.165) is 11.8 Å². The van der Waals surface area contributed by atoms with E-state index in [0.29, 0.717) is 5.56 Å². The summed E-state index contributed by atoms with van der Waals surface area (Å²) in [7, 11) is 0. The molecule has 1 aromatic rings. The van der Waals surface area contributed by atoms with Crippen LogP contribution in [0, 0.1) is 13.0 Å². The van der Waals surface area contributed by atoms with Gasteiger partial charge in [0, 0.05) is 5.56 Å². The summed E-state index contributed by atoms with van der Waals surface area (Å²) in [6, 6.07) is 8.18. The summed E-state index contributed by atoms with van der Waals surface area (Å²) in [6.07, 6.45) is 0.823. The third kappa shape index (κ3) is 1.39. The summed E-state index contributed by atoms with van der Waals surface area (Å²) >= 11 is 0. The summed E-state index contributed by atoms with van der Waals surface area (Å²) in [6.45, 7) is 1.93. The van der Waals surface area contributed by atoms with E-state index in [2.05, 4.69) is 6.07 Å². The molecule has 0 aliphatic carbocycles. The maximum Gasteiger partial charge on any atom is 0.150 e. The fourth-order valence-electron chi connectivity index (χ4n) is 0.684. The van der Waals surface area contributed by atoms with Crippen LogP contribution in [0.1, 0.15) is 15.9 Å². The molecule has 0 aliphatic heterocycles. The average Bonchev–Trinajstić information content (AvgIpc) is 1.88. The zero-order valence-corrected chi connectivity index (χ0v) is 5.22. The molecule has 0 aromatic heterocycles. The van der Waals surface area contributed by atoms with Gasteiger partial charge in [-0.2, -0.15) is 0 Å². The number of aryl methyl sites for hydroxylation is 1. The van der Waals surface area contributed by atoms with Crippen LogP contribution in [0.2, 0.25) is 0 Å². The van der Waals surface area contributed by atoms with Crippen molar-refractivity contribution in [2.45, 2.75) is 6.92 Å². The van der Waals surface area contributed by atoms with Crippen LogP contribution in [0.3, 0.4) is 0 Å². The van der Waals surface area contributed by atoms with Crippen LogP contribution in [0.25, 0.3) is 0 Å². The Morgan fingerprint density at radius 1 is 1.56 bits per heavy atom. The zero-order chi connectivity index (χ0) is 6.69. The Morgan fingerprint density at radius 3 is 2.78 bits per heavy atom. The van der Waals surface area contributed by atoms with Gasteiger partial charge in [0.2, 0.25) is 0 Å². The van der Waals surface area contributed by atoms with E-state index >= 15 is 0 Å². The van der Waals surface area contributed by atoms with Gasteiger partial charge in [0.25, 0.3) is 0 Å². The van der Waals surface area contributed by atoms with Gasteiger partial charge >= 0.3 is 0 Å². The van der Waals surface area contributed by atoms with Crippen molar-refractivity contribution in [3.63, 3.8) is 0 Å². The standard InChI is InChI=1S/C8H7O/c1-7-3-2-4-8(5-7)6-9/h3-6H,1H3. The second kappa shape index (κ2) is 2.44. The second-order valence-corrected chi connectivity index (χ2v) is 1.96. The first-order chi connectivity index (χ1) is 4.33. The van der Waals surface area contributed by atoms with Gasteiger partial charge in [0.15, 0.2) is 0 Å². The number of hydrogen-bond acceptors (Lipinski definition) is 1. The fraction of sp³-hybridized carbons (Fsp3) is 0.125. The lowest BCUT2D eigenvalue weighted by Gasteiger charge is -1.89. The molecular formula is C8H7O. The molecule has 0 fully saturated rings. The Hall–Kier alpha value is -1.11. The predicted octanol–water partition coefficient (Wildman–Crippen LogP) is 1.61. The lowest BCUT2D eigenvalue weighted by Crippen LogP contribution is -1.78. The molecule has 1 nitrogen and oxygen atoms in total. The summed E-state index contributed by atoms with van der Waals surface area (Å²) in [5.74, 6) is 0. The molecule has 1 rings (SSSR count). The highest BCUT2D eigenvalue weighted by Gasteiger charge is 1.86. The van der Waals surface area contributed by atoms with Crippen LogP contribution < -0.4 is 0 Å². The van der Waals surface area contributed by atoms with E-state index in [1.54, 1.807) is 6.07 Å². The first kappa shape index (κ1) is 6.02. The minimum atomic E-state index is 0.690. The Morgan fingerprint density at radius 2 is 2.33 bits per heavy atom. The largest absolute Gasteiger partial charge is 0.298 e. The van der Waals surface area contributed by atoms with Crippen molar-refractivity contribution in [2.24, 2.45) is 0 Å². The minimum Gasteiger partial charge on any atom is -0.298 e. The molecular weight excluding hydrogens is 112 g/mol. The zero-order valence-electron chi connectivity index (χ0n) is 5.22. The quantitative estimate of drug-likeness (QED) is 0.513. The number of carbonyl (C=O) groups is 1. The first-order valence-electron chi connectivity index (χ1n) is 2.76. The van der Waals surface area contributed by atoms with E-state index in [4.69, 9.17) is 0 Å². The molecule has 0 saturated carbocycles. The van der Waals surface area contributed by atoms with Crippen molar-refractivity contribution in [3.05, 3.63) is 35.4 Å². The fourth-order valence-corrected chi connectivity index (χ4v) is 0.684. The van der Waals surface area contributed by atoms with Gasteiger partial charge in [-0.1, -0.05) is 6.07 Å². The summed E-state index contributed by atoms with van der Waals surface area (Å²) in [4.78, 5) is 10.1. The van der Waals surface area contributed by atoms with Crippen LogP contribution in [0.4, 0.5) is 0 Å². The topological polar surface area (TPSA) is 17.1 Å². The van der Waals surface area contributed by atoms with Crippen molar-refractivity contribution >= 4 is 6.29 Å². The molecule has 1 heteroatoms. The predicted molar refractivity (Wildman–Crippen MR) is 35.4 cm³/mol. The monoisotopic (exact) mass is 119 g/mol. The third-order valence-corrected chi connectivity index (χ3v) is 1.09. The Balaban J connectivity index is 3.07. The third-order valence-electron chi connectivity index (χ3n) is 1.09. The molecule has 0 unspecified atom stereocenters. The number of carbonyl (C=O) groups excluding carboxylic acids is 1. The molecule has 45 valence electrons. The molecule has 9 heavy (non-hydrogen) atoms. The highest BCUT2D eigenvalue weighted by Crippen LogP contribution is 1.98. The van der Waals surface area contributed by atoms with Crippen LogP contribution >= 0.6 is 0 Å². The van der Waals surface area contributed by atoms with Crippen molar-refractivity contribution < 1.29 is 4.79 Å². The van der Waals surface area contributed by atoms with E-state index in [9.17, 15) is 4.79 Å². The molecule has 0 bridgehead atoms. The second-order valence-electron chi connectivity index (χ2n) is 1.96.